The van der Waals surface area contributed by atoms with Crippen LogP contribution in [0.5, 0.6) is 0 Å². The van der Waals surface area contributed by atoms with E-state index in [0.717, 1.165) is 17.7 Å². The molecule has 1 atom stereocenters. The first-order valence-corrected chi connectivity index (χ1v) is 7.15. The molecular formula is C17H16N2O3. The first kappa shape index (κ1) is 14.3. The van der Waals surface area contributed by atoms with Crippen LogP contribution in [0.3, 0.4) is 0 Å². The maximum absolute atomic E-state index is 12.8. The fraction of sp³-hybridized carbons (Fsp3) is 0.235. The van der Waals surface area contributed by atoms with Gasteiger partial charge in [-0.1, -0.05) is 18.2 Å². The first-order chi connectivity index (χ1) is 10.5. The predicted octanol–water partition coefficient (Wildman–Crippen LogP) is 3.49. The summed E-state index contributed by atoms with van der Waals surface area (Å²) in [7, 11) is 0. The molecule has 5 heteroatoms. The number of carbonyl (C=O) groups excluding carboxylic acids is 1. The Hall–Kier alpha value is -2.69. The molecule has 0 fully saturated rings. The van der Waals surface area contributed by atoms with Crippen LogP contribution in [0.1, 0.15) is 28.4 Å². The zero-order chi connectivity index (χ0) is 15.9. The summed E-state index contributed by atoms with van der Waals surface area (Å²) in [5, 5.41) is 10.9. The second kappa shape index (κ2) is 5.26. The molecule has 112 valence electrons. The van der Waals surface area contributed by atoms with Gasteiger partial charge in [0.2, 0.25) is 0 Å². The molecular weight excluding hydrogens is 280 g/mol. The van der Waals surface area contributed by atoms with Crippen LogP contribution >= 0.6 is 0 Å². The van der Waals surface area contributed by atoms with Gasteiger partial charge in [-0.15, -0.1) is 0 Å². The maximum Gasteiger partial charge on any atom is 0.272 e. The lowest BCUT2D eigenvalue weighted by molar-refractivity contribution is -0.385. The summed E-state index contributed by atoms with van der Waals surface area (Å²) in [6.45, 7) is 3.66. The molecule has 1 amide bonds. The Bertz CT molecular complexity index is 770. The average molecular weight is 296 g/mol. The molecule has 0 N–H and O–H groups in total. The maximum atomic E-state index is 12.8. The van der Waals surface area contributed by atoms with E-state index in [1.807, 2.05) is 31.2 Å². The number of benzene rings is 2. The Labute approximate surface area is 128 Å². The summed E-state index contributed by atoms with van der Waals surface area (Å²) < 4.78 is 0. The van der Waals surface area contributed by atoms with Gasteiger partial charge in [0.15, 0.2) is 0 Å². The molecule has 3 rings (SSSR count). The Morgan fingerprint density at radius 1 is 1.27 bits per heavy atom. The molecule has 0 radical (unpaired) electrons. The van der Waals surface area contributed by atoms with Gasteiger partial charge in [-0.2, -0.15) is 0 Å². The van der Waals surface area contributed by atoms with Crippen LogP contribution in [0.15, 0.2) is 42.5 Å². The highest BCUT2D eigenvalue weighted by molar-refractivity contribution is 6.08. The van der Waals surface area contributed by atoms with Crippen LogP contribution in [0.4, 0.5) is 11.4 Å². The van der Waals surface area contributed by atoms with Crippen molar-refractivity contribution in [3.63, 3.8) is 0 Å². The quantitative estimate of drug-likeness (QED) is 0.629. The Morgan fingerprint density at radius 2 is 2.00 bits per heavy atom. The van der Waals surface area contributed by atoms with Gasteiger partial charge in [0, 0.05) is 28.9 Å². The lowest BCUT2D eigenvalue weighted by Gasteiger charge is -2.23. The van der Waals surface area contributed by atoms with Gasteiger partial charge >= 0.3 is 0 Å². The van der Waals surface area contributed by atoms with Crippen molar-refractivity contribution in [1.82, 2.24) is 0 Å². The summed E-state index contributed by atoms with van der Waals surface area (Å²) in [6.07, 6.45) is 0.827. The number of hydrogen-bond donors (Lipinski definition) is 0. The topological polar surface area (TPSA) is 63.5 Å². The molecule has 22 heavy (non-hydrogen) atoms. The van der Waals surface area contributed by atoms with Crippen molar-refractivity contribution in [2.45, 2.75) is 26.3 Å². The third-order valence-electron chi connectivity index (χ3n) is 4.07. The molecule has 2 aromatic carbocycles. The predicted molar refractivity (Wildman–Crippen MR) is 84.3 cm³/mol. The molecule has 0 saturated carbocycles. The summed E-state index contributed by atoms with van der Waals surface area (Å²) in [5.74, 6) is -0.115. The van der Waals surface area contributed by atoms with Crippen LogP contribution in [-0.2, 0) is 6.42 Å². The molecule has 0 spiro atoms. The van der Waals surface area contributed by atoms with Crippen molar-refractivity contribution in [3.8, 4) is 0 Å². The fourth-order valence-electron chi connectivity index (χ4n) is 3.01. The van der Waals surface area contributed by atoms with Crippen LogP contribution in [-0.4, -0.2) is 16.9 Å². The number of nitro benzene ring substituents is 1. The largest absolute Gasteiger partial charge is 0.305 e. The number of hydrogen-bond acceptors (Lipinski definition) is 3. The minimum atomic E-state index is -0.433. The Morgan fingerprint density at radius 3 is 2.68 bits per heavy atom. The minimum absolute atomic E-state index is 0.0337. The van der Waals surface area contributed by atoms with Crippen LogP contribution in [0.2, 0.25) is 0 Å². The number of amides is 1. The van der Waals surface area contributed by atoms with E-state index in [1.165, 1.54) is 12.1 Å². The summed E-state index contributed by atoms with van der Waals surface area (Å²) in [5.41, 5.74) is 3.09. The summed E-state index contributed by atoms with van der Waals surface area (Å²) >= 11 is 0. The van der Waals surface area contributed by atoms with Gasteiger partial charge in [-0.05, 0) is 44.0 Å². The first-order valence-electron chi connectivity index (χ1n) is 7.15. The molecule has 0 unspecified atom stereocenters. The molecule has 0 saturated heterocycles. The molecule has 2 aromatic rings. The van der Waals surface area contributed by atoms with Gasteiger partial charge in [0.05, 0.1) is 4.92 Å². The number of para-hydroxylation sites is 1. The number of carbonyl (C=O) groups is 1. The van der Waals surface area contributed by atoms with Gasteiger partial charge in [-0.25, -0.2) is 0 Å². The smallest absolute Gasteiger partial charge is 0.272 e. The van der Waals surface area contributed by atoms with E-state index in [0.29, 0.717) is 11.1 Å². The normalized spacial score (nSPS) is 16.5. The van der Waals surface area contributed by atoms with E-state index < -0.39 is 4.92 Å². The lowest BCUT2D eigenvalue weighted by Crippen LogP contribution is -2.35. The number of nitrogens with zero attached hydrogens (tertiary/aromatic N) is 2. The molecule has 0 aliphatic carbocycles. The standard InChI is InChI=1S/C17H16N2O3/c1-11-9-14(7-8-15(11)19(21)22)17(20)18-12(2)10-13-5-3-4-6-16(13)18/h3-9,12H,10H2,1-2H3/t12-/m1/s1. The zero-order valence-corrected chi connectivity index (χ0v) is 12.4. The molecule has 5 nitrogen and oxygen atoms in total. The van der Waals surface area contributed by atoms with Gasteiger partial charge in [-0.3, -0.25) is 14.9 Å². The molecule has 0 aromatic heterocycles. The van der Waals surface area contributed by atoms with Gasteiger partial charge in [0.25, 0.3) is 11.6 Å². The summed E-state index contributed by atoms with van der Waals surface area (Å²) in [6, 6.07) is 12.5. The Balaban J connectivity index is 1.98. The molecule has 1 heterocycles. The van der Waals surface area contributed by atoms with Gasteiger partial charge in [0.1, 0.15) is 0 Å². The van der Waals surface area contributed by atoms with Crippen molar-refractivity contribution in [2.75, 3.05) is 4.90 Å². The van der Waals surface area contributed by atoms with E-state index in [1.54, 1.807) is 17.9 Å². The van der Waals surface area contributed by atoms with Crippen LogP contribution in [0, 0.1) is 17.0 Å². The number of fused-ring (bicyclic) bond motifs is 1. The highest BCUT2D eigenvalue weighted by Crippen LogP contribution is 2.33. The number of nitro groups is 1. The summed E-state index contributed by atoms with van der Waals surface area (Å²) in [4.78, 5) is 25.0. The second-order valence-electron chi connectivity index (χ2n) is 5.62. The van der Waals surface area contributed by atoms with E-state index in [4.69, 9.17) is 0 Å². The zero-order valence-electron chi connectivity index (χ0n) is 12.4. The van der Waals surface area contributed by atoms with Crippen LogP contribution < -0.4 is 4.90 Å². The van der Waals surface area contributed by atoms with Crippen molar-refractivity contribution < 1.29 is 9.72 Å². The average Bonchev–Trinajstić information content (AvgIpc) is 2.81. The van der Waals surface area contributed by atoms with Crippen molar-refractivity contribution >= 4 is 17.3 Å². The number of anilines is 1. The Kier molecular flexibility index (Phi) is 3.41. The van der Waals surface area contributed by atoms with Crippen molar-refractivity contribution in [1.29, 1.82) is 0 Å². The molecule has 1 aliphatic rings. The molecule has 1 aliphatic heterocycles. The van der Waals surface area contributed by atoms with E-state index in [9.17, 15) is 14.9 Å². The third kappa shape index (κ3) is 2.24. The van der Waals surface area contributed by atoms with E-state index >= 15 is 0 Å². The second-order valence-corrected chi connectivity index (χ2v) is 5.62. The van der Waals surface area contributed by atoms with Gasteiger partial charge < -0.3 is 4.90 Å². The van der Waals surface area contributed by atoms with E-state index in [-0.39, 0.29) is 17.6 Å². The minimum Gasteiger partial charge on any atom is -0.305 e. The lowest BCUT2D eigenvalue weighted by atomic mass is 10.1. The SMILES string of the molecule is Cc1cc(C(=O)N2c3ccccc3C[C@H]2C)ccc1[N+](=O)[O-]. The van der Waals surface area contributed by atoms with Crippen LogP contribution in [0.25, 0.3) is 0 Å². The molecule has 0 bridgehead atoms. The highest BCUT2D eigenvalue weighted by atomic mass is 16.6. The monoisotopic (exact) mass is 296 g/mol. The van der Waals surface area contributed by atoms with E-state index in [2.05, 4.69) is 0 Å². The number of rotatable bonds is 2. The number of aryl methyl sites for hydroxylation is 1. The van der Waals surface area contributed by atoms with Crippen molar-refractivity contribution in [3.05, 3.63) is 69.3 Å². The highest BCUT2D eigenvalue weighted by Gasteiger charge is 2.31. The van der Waals surface area contributed by atoms with Crippen molar-refractivity contribution in [2.24, 2.45) is 0 Å². The third-order valence-corrected chi connectivity index (χ3v) is 4.07. The fourth-order valence-corrected chi connectivity index (χ4v) is 3.01.